The summed E-state index contributed by atoms with van der Waals surface area (Å²) in [5.41, 5.74) is 3.22. The predicted octanol–water partition coefficient (Wildman–Crippen LogP) is 3.70. The second-order valence-electron chi connectivity index (χ2n) is 6.28. The maximum Gasteiger partial charge on any atom is 0.255 e. The minimum atomic E-state index is -0.101. The van der Waals surface area contributed by atoms with E-state index < -0.39 is 0 Å². The first-order valence-corrected chi connectivity index (χ1v) is 9.04. The minimum Gasteiger partial charge on any atom is -0.306 e. The van der Waals surface area contributed by atoms with Crippen LogP contribution in [0.15, 0.2) is 47.5 Å². The zero-order valence-corrected chi connectivity index (χ0v) is 15.4. The topological polar surface area (TPSA) is 61.9 Å². The average Bonchev–Trinajstić information content (AvgIpc) is 2.66. The van der Waals surface area contributed by atoms with E-state index in [9.17, 15) is 4.79 Å². The number of fused-ring (bicyclic) bond motifs is 1. The fourth-order valence-corrected chi connectivity index (χ4v) is 3.53. The fraction of sp³-hybridized carbons (Fsp3) is 0.211. The standard InChI is InChI=1S/C19H16Cl2N4O/c20-14-3-4-16(21)13(8-14)10-25-7-5-17-15(11-25)19(26)24-18(23-17)12-2-1-6-22-9-12/h1-4,6,8-9H,5,7,10-11H2,(H,23,24,26). The van der Waals surface area contributed by atoms with E-state index in [2.05, 4.69) is 19.9 Å². The van der Waals surface area contributed by atoms with Crippen LogP contribution in [-0.2, 0) is 19.5 Å². The molecule has 0 radical (unpaired) electrons. The van der Waals surface area contributed by atoms with Crippen molar-refractivity contribution >= 4 is 23.2 Å². The number of aromatic amines is 1. The smallest absolute Gasteiger partial charge is 0.255 e. The summed E-state index contributed by atoms with van der Waals surface area (Å²) in [5.74, 6) is 0.563. The van der Waals surface area contributed by atoms with Crippen LogP contribution < -0.4 is 5.56 Å². The van der Waals surface area contributed by atoms with Crippen LogP contribution >= 0.6 is 23.2 Å². The molecule has 1 aliphatic rings. The number of pyridine rings is 1. The molecular weight excluding hydrogens is 371 g/mol. The number of nitrogens with one attached hydrogen (secondary N) is 1. The van der Waals surface area contributed by atoms with Crippen molar-refractivity contribution in [3.05, 3.63) is 79.9 Å². The number of hydrogen-bond donors (Lipinski definition) is 1. The lowest BCUT2D eigenvalue weighted by molar-refractivity contribution is 0.242. The highest BCUT2D eigenvalue weighted by Gasteiger charge is 2.22. The molecule has 0 unspecified atom stereocenters. The van der Waals surface area contributed by atoms with Crippen molar-refractivity contribution in [3.63, 3.8) is 0 Å². The van der Waals surface area contributed by atoms with Crippen LogP contribution in [0, 0.1) is 0 Å². The van der Waals surface area contributed by atoms with Crippen molar-refractivity contribution in [2.75, 3.05) is 6.54 Å². The molecule has 7 heteroatoms. The second kappa shape index (κ2) is 7.19. The Kier molecular flexibility index (Phi) is 4.76. The quantitative estimate of drug-likeness (QED) is 0.745. The lowest BCUT2D eigenvalue weighted by Crippen LogP contribution is -2.35. The summed E-state index contributed by atoms with van der Waals surface area (Å²) in [6, 6.07) is 9.14. The van der Waals surface area contributed by atoms with Crippen LogP contribution in [-0.4, -0.2) is 26.4 Å². The average molecular weight is 387 g/mol. The van der Waals surface area contributed by atoms with Gasteiger partial charge in [-0.05, 0) is 35.9 Å². The third-order valence-electron chi connectivity index (χ3n) is 4.48. The van der Waals surface area contributed by atoms with E-state index in [-0.39, 0.29) is 5.56 Å². The van der Waals surface area contributed by atoms with Gasteiger partial charge in [0.25, 0.3) is 5.56 Å². The van der Waals surface area contributed by atoms with E-state index in [0.29, 0.717) is 40.9 Å². The summed E-state index contributed by atoms with van der Waals surface area (Å²) in [6.45, 7) is 1.98. The van der Waals surface area contributed by atoms with Gasteiger partial charge in [0.1, 0.15) is 5.82 Å². The van der Waals surface area contributed by atoms with Crippen LogP contribution in [0.3, 0.4) is 0 Å². The Morgan fingerprint density at radius 1 is 1.23 bits per heavy atom. The summed E-state index contributed by atoms with van der Waals surface area (Å²) in [7, 11) is 0. The Bertz CT molecular complexity index is 1000. The van der Waals surface area contributed by atoms with Crippen molar-refractivity contribution in [1.82, 2.24) is 19.9 Å². The Morgan fingerprint density at radius 2 is 2.12 bits per heavy atom. The molecule has 0 bridgehead atoms. The van der Waals surface area contributed by atoms with Crippen molar-refractivity contribution in [2.45, 2.75) is 19.5 Å². The fourth-order valence-electron chi connectivity index (χ4n) is 3.16. The van der Waals surface area contributed by atoms with Gasteiger partial charge >= 0.3 is 0 Å². The van der Waals surface area contributed by atoms with Gasteiger partial charge in [-0.1, -0.05) is 23.2 Å². The van der Waals surface area contributed by atoms with Gasteiger partial charge in [0.05, 0.1) is 11.3 Å². The maximum atomic E-state index is 12.6. The molecule has 1 N–H and O–H groups in total. The zero-order valence-electron chi connectivity index (χ0n) is 13.9. The van der Waals surface area contributed by atoms with Crippen LogP contribution in [0.1, 0.15) is 16.8 Å². The van der Waals surface area contributed by atoms with E-state index in [0.717, 1.165) is 23.4 Å². The molecule has 0 saturated heterocycles. The normalized spacial score (nSPS) is 14.2. The van der Waals surface area contributed by atoms with Gasteiger partial charge in [0, 0.05) is 54.1 Å². The summed E-state index contributed by atoms with van der Waals surface area (Å²) in [6.07, 6.45) is 4.10. The van der Waals surface area contributed by atoms with E-state index in [4.69, 9.17) is 23.2 Å². The molecule has 3 heterocycles. The Labute approximate surface area is 160 Å². The molecule has 132 valence electrons. The molecule has 3 aromatic rings. The van der Waals surface area contributed by atoms with Gasteiger partial charge in [0.2, 0.25) is 0 Å². The summed E-state index contributed by atoms with van der Waals surface area (Å²) < 4.78 is 0. The molecule has 0 amide bonds. The van der Waals surface area contributed by atoms with Gasteiger partial charge in [-0.2, -0.15) is 0 Å². The number of halogens is 2. The van der Waals surface area contributed by atoms with Crippen molar-refractivity contribution in [2.24, 2.45) is 0 Å². The number of benzene rings is 1. The molecule has 0 atom stereocenters. The highest BCUT2D eigenvalue weighted by molar-refractivity contribution is 6.33. The first-order chi connectivity index (χ1) is 12.6. The molecule has 1 aromatic carbocycles. The molecule has 26 heavy (non-hydrogen) atoms. The van der Waals surface area contributed by atoms with E-state index >= 15 is 0 Å². The van der Waals surface area contributed by atoms with E-state index in [1.807, 2.05) is 18.2 Å². The molecule has 0 fully saturated rings. The van der Waals surface area contributed by atoms with Gasteiger partial charge < -0.3 is 4.98 Å². The van der Waals surface area contributed by atoms with Gasteiger partial charge in [-0.25, -0.2) is 4.98 Å². The number of aromatic nitrogens is 3. The van der Waals surface area contributed by atoms with Crippen LogP contribution in [0.2, 0.25) is 10.0 Å². The lowest BCUT2D eigenvalue weighted by atomic mass is 10.1. The zero-order chi connectivity index (χ0) is 18.1. The summed E-state index contributed by atoms with van der Waals surface area (Å²) in [4.78, 5) is 26.4. The minimum absolute atomic E-state index is 0.101. The van der Waals surface area contributed by atoms with Crippen LogP contribution in [0.4, 0.5) is 0 Å². The van der Waals surface area contributed by atoms with E-state index in [1.54, 1.807) is 24.5 Å². The van der Waals surface area contributed by atoms with Crippen LogP contribution in [0.25, 0.3) is 11.4 Å². The molecule has 5 nitrogen and oxygen atoms in total. The first-order valence-electron chi connectivity index (χ1n) is 8.29. The first kappa shape index (κ1) is 17.2. The molecule has 0 saturated carbocycles. The molecule has 4 rings (SSSR count). The Hall–Kier alpha value is -2.21. The monoisotopic (exact) mass is 386 g/mol. The molecule has 0 spiro atoms. The Morgan fingerprint density at radius 3 is 2.92 bits per heavy atom. The summed E-state index contributed by atoms with van der Waals surface area (Å²) >= 11 is 12.3. The highest BCUT2D eigenvalue weighted by atomic mass is 35.5. The van der Waals surface area contributed by atoms with Gasteiger partial charge in [-0.15, -0.1) is 0 Å². The van der Waals surface area contributed by atoms with Gasteiger partial charge in [-0.3, -0.25) is 14.7 Å². The third kappa shape index (κ3) is 3.51. The number of H-pyrrole nitrogens is 1. The SMILES string of the molecule is O=c1[nH]c(-c2cccnc2)nc2c1CN(Cc1cc(Cl)ccc1Cl)CC2. The second-order valence-corrected chi connectivity index (χ2v) is 7.12. The third-order valence-corrected chi connectivity index (χ3v) is 5.09. The number of nitrogens with zero attached hydrogens (tertiary/aromatic N) is 3. The Balaban J connectivity index is 1.59. The number of hydrogen-bond acceptors (Lipinski definition) is 4. The summed E-state index contributed by atoms with van der Waals surface area (Å²) in [5, 5.41) is 1.33. The maximum absolute atomic E-state index is 12.6. The van der Waals surface area contributed by atoms with E-state index in [1.165, 1.54) is 0 Å². The van der Waals surface area contributed by atoms with Crippen molar-refractivity contribution in [3.8, 4) is 11.4 Å². The highest BCUT2D eigenvalue weighted by Crippen LogP contribution is 2.24. The molecular formula is C19H16Cl2N4O. The number of rotatable bonds is 3. The van der Waals surface area contributed by atoms with Crippen molar-refractivity contribution < 1.29 is 0 Å². The largest absolute Gasteiger partial charge is 0.306 e. The predicted molar refractivity (Wildman–Crippen MR) is 102 cm³/mol. The molecule has 1 aliphatic heterocycles. The van der Waals surface area contributed by atoms with Crippen LogP contribution in [0.5, 0.6) is 0 Å². The molecule has 0 aliphatic carbocycles. The lowest BCUT2D eigenvalue weighted by Gasteiger charge is -2.28. The molecule has 2 aromatic heterocycles. The van der Waals surface area contributed by atoms with Gasteiger partial charge in [0.15, 0.2) is 0 Å². The van der Waals surface area contributed by atoms with Crippen molar-refractivity contribution in [1.29, 1.82) is 0 Å².